The molecule has 0 atom stereocenters. The van der Waals surface area contributed by atoms with Gasteiger partial charge in [-0.25, -0.2) is 0 Å². The third-order valence-electron chi connectivity index (χ3n) is 3.84. The average molecular weight is 276 g/mol. The lowest BCUT2D eigenvalue weighted by molar-refractivity contribution is 0.331. The van der Waals surface area contributed by atoms with Crippen LogP contribution in [-0.2, 0) is 13.0 Å². The van der Waals surface area contributed by atoms with Crippen LogP contribution in [0.15, 0.2) is 67.0 Å². The number of hydrogen-bond acceptors (Lipinski definition) is 2. The number of pyridine rings is 1. The molecule has 0 aliphatic carbocycles. The molecule has 1 heterocycles. The van der Waals surface area contributed by atoms with Crippen LogP contribution in [0.3, 0.4) is 0 Å². The molecule has 21 heavy (non-hydrogen) atoms. The minimum Gasteiger partial charge on any atom is -0.302 e. The molecule has 0 spiro atoms. The van der Waals surface area contributed by atoms with Crippen LogP contribution >= 0.6 is 0 Å². The highest BCUT2D eigenvalue weighted by Gasteiger charge is 2.04. The van der Waals surface area contributed by atoms with Crippen molar-refractivity contribution < 1.29 is 0 Å². The first-order valence-electron chi connectivity index (χ1n) is 7.37. The van der Waals surface area contributed by atoms with Crippen molar-refractivity contribution in [3.05, 3.63) is 78.1 Å². The highest BCUT2D eigenvalue weighted by molar-refractivity contribution is 5.85. The summed E-state index contributed by atoms with van der Waals surface area (Å²) >= 11 is 0. The van der Waals surface area contributed by atoms with E-state index in [0.29, 0.717) is 0 Å². The molecule has 3 rings (SSSR count). The normalized spacial score (nSPS) is 11.1. The van der Waals surface area contributed by atoms with Crippen molar-refractivity contribution >= 4 is 10.8 Å². The van der Waals surface area contributed by atoms with Gasteiger partial charge in [-0.15, -0.1) is 0 Å². The number of nitrogens with zero attached hydrogens (tertiary/aromatic N) is 2. The fraction of sp³-hybridized carbons (Fsp3) is 0.211. The van der Waals surface area contributed by atoms with Crippen LogP contribution < -0.4 is 0 Å². The molecule has 0 amide bonds. The fourth-order valence-electron chi connectivity index (χ4n) is 2.70. The predicted octanol–water partition coefficient (Wildman–Crippen LogP) is 3.91. The quantitative estimate of drug-likeness (QED) is 0.702. The summed E-state index contributed by atoms with van der Waals surface area (Å²) in [6.07, 6.45) is 4.78. The molecule has 3 aromatic rings. The first-order chi connectivity index (χ1) is 10.3. The smallest absolute Gasteiger partial charge is 0.0271 e. The van der Waals surface area contributed by atoms with Gasteiger partial charge in [-0.3, -0.25) is 4.98 Å². The van der Waals surface area contributed by atoms with Crippen LogP contribution in [0.5, 0.6) is 0 Å². The van der Waals surface area contributed by atoms with Crippen molar-refractivity contribution in [2.24, 2.45) is 0 Å². The van der Waals surface area contributed by atoms with Gasteiger partial charge in [0.2, 0.25) is 0 Å². The molecule has 1 aromatic heterocycles. The summed E-state index contributed by atoms with van der Waals surface area (Å²) < 4.78 is 0. The molecule has 0 saturated heterocycles. The molecule has 0 unspecified atom stereocenters. The van der Waals surface area contributed by atoms with Crippen LogP contribution in [0.25, 0.3) is 10.8 Å². The summed E-state index contributed by atoms with van der Waals surface area (Å²) in [4.78, 5) is 6.42. The monoisotopic (exact) mass is 276 g/mol. The van der Waals surface area contributed by atoms with Gasteiger partial charge >= 0.3 is 0 Å². The van der Waals surface area contributed by atoms with E-state index in [1.54, 1.807) is 0 Å². The Bertz CT molecular complexity index is 702. The lowest BCUT2D eigenvalue weighted by Crippen LogP contribution is -2.20. The number of rotatable bonds is 5. The van der Waals surface area contributed by atoms with E-state index in [1.807, 2.05) is 12.4 Å². The number of hydrogen-bond donors (Lipinski definition) is 0. The van der Waals surface area contributed by atoms with E-state index >= 15 is 0 Å². The minimum atomic E-state index is 0.966. The molecular formula is C19H20N2. The first-order valence-corrected chi connectivity index (χ1v) is 7.37. The Morgan fingerprint density at radius 1 is 0.905 bits per heavy atom. The number of likely N-dealkylation sites (N-methyl/N-ethyl adjacent to an activating group) is 1. The third kappa shape index (κ3) is 3.47. The minimum absolute atomic E-state index is 0.966. The van der Waals surface area contributed by atoms with E-state index in [-0.39, 0.29) is 0 Å². The number of benzene rings is 2. The van der Waals surface area contributed by atoms with Crippen molar-refractivity contribution in [3.63, 3.8) is 0 Å². The van der Waals surface area contributed by atoms with Crippen molar-refractivity contribution in [1.82, 2.24) is 9.88 Å². The second-order valence-electron chi connectivity index (χ2n) is 5.48. The highest BCUT2D eigenvalue weighted by Crippen LogP contribution is 2.19. The molecule has 0 N–H and O–H groups in total. The van der Waals surface area contributed by atoms with Crippen LogP contribution in [0, 0.1) is 0 Å². The molecule has 0 bridgehead atoms. The lowest BCUT2D eigenvalue weighted by atomic mass is 10.0. The maximum atomic E-state index is 4.06. The van der Waals surface area contributed by atoms with Gasteiger partial charge in [0.1, 0.15) is 0 Å². The van der Waals surface area contributed by atoms with Crippen molar-refractivity contribution in [3.8, 4) is 0 Å². The fourth-order valence-corrected chi connectivity index (χ4v) is 2.70. The molecule has 2 nitrogen and oxygen atoms in total. The number of aromatic nitrogens is 1. The van der Waals surface area contributed by atoms with E-state index in [0.717, 1.165) is 19.5 Å². The van der Waals surface area contributed by atoms with E-state index < -0.39 is 0 Å². The largest absolute Gasteiger partial charge is 0.302 e. The van der Waals surface area contributed by atoms with Crippen LogP contribution in [0.2, 0.25) is 0 Å². The van der Waals surface area contributed by atoms with E-state index in [2.05, 4.69) is 71.5 Å². The Labute approximate surface area is 126 Å². The highest BCUT2D eigenvalue weighted by atomic mass is 15.1. The summed E-state index contributed by atoms with van der Waals surface area (Å²) in [5.41, 5.74) is 2.74. The third-order valence-corrected chi connectivity index (χ3v) is 3.84. The Morgan fingerprint density at radius 2 is 1.67 bits per heavy atom. The molecule has 106 valence electrons. The molecule has 0 aliphatic rings. The van der Waals surface area contributed by atoms with Gasteiger partial charge in [-0.05, 0) is 47.5 Å². The summed E-state index contributed by atoms with van der Waals surface area (Å²) in [6.45, 7) is 2.02. The standard InChI is InChI=1S/C19H20N2/c1-21(15-16-9-12-20-13-10-16)14-11-18-7-4-6-17-5-2-3-8-19(17)18/h2-10,12-13H,11,14-15H2,1H3. The van der Waals surface area contributed by atoms with Gasteiger partial charge in [0.25, 0.3) is 0 Å². The second-order valence-corrected chi connectivity index (χ2v) is 5.48. The lowest BCUT2D eigenvalue weighted by Gasteiger charge is -2.17. The molecule has 0 saturated carbocycles. The van der Waals surface area contributed by atoms with Crippen LogP contribution in [-0.4, -0.2) is 23.5 Å². The maximum absolute atomic E-state index is 4.06. The van der Waals surface area contributed by atoms with Gasteiger partial charge in [0, 0.05) is 25.5 Å². The Kier molecular flexibility index (Phi) is 4.27. The van der Waals surface area contributed by atoms with Crippen LogP contribution in [0.4, 0.5) is 0 Å². The van der Waals surface area contributed by atoms with E-state index in [4.69, 9.17) is 0 Å². The van der Waals surface area contributed by atoms with E-state index in [1.165, 1.54) is 21.9 Å². The Balaban J connectivity index is 1.66. The zero-order valence-electron chi connectivity index (χ0n) is 12.4. The second kappa shape index (κ2) is 6.51. The zero-order valence-corrected chi connectivity index (χ0v) is 12.4. The van der Waals surface area contributed by atoms with Gasteiger partial charge in [-0.2, -0.15) is 0 Å². The summed E-state index contributed by atoms with van der Waals surface area (Å²) in [5, 5.41) is 2.70. The molecule has 2 aromatic carbocycles. The summed E-state index contributed by atoms with van der Waals surface area (Å²) in [7, 11) is 2.17. The zero-order chi connectivity index (χ0) is 14.5. The topological polar surface area (TPSA) is 16.1 Å². The van der Waals surface area contributed by atoms with Crippen molar-refractivity contribution in [2.75, 3.05) is 13.6 Å². The van der Waals surface area contributed by atoms with Crippen LogP contribution in [0.1, 0.15) is 11.1 Å². The maximum Gasteiger partial charge on any atom is 0.0271 e. The first kappa shape index (κ1) is 13.8. The van der Waals surface area contributed by atoms with E-state index in [9.17, 15) is 0 Å². The average Bonchev–Trinajstić information content (AvgIpc) is 2.54. The number of fused-ring (bicyclic) bond motifs is 1. The Morgan fingerprint density at radius 3 is 2.52 bits per heavy atom. The van der Waals surface area contributed by atoms with Gasteiger partial charge in [0.05, 0.1) is 0 Å². The summed E-state index contributed by atoms with van der Waals surface area (Å²) in [5.74, 6) is 0. The molecule has 0 radical (unpaired) electrons. The molecule has 2 heteroatoms. The Hall–Kier alpha value is -2.19. The van der Waals surface area contributed by atoms with Gasteiger partial charge < -0.3 is 4.90 Å². The predicted molar refractivity (Wildman–Crippen MR) is 88.2 cm³/mol. The SMILES string of the molecule is CN(CCc1cccc2ccccc12)Cc1ccncc1. The van der Waals surface area contributed by atoms with Gasteiger partial charge in [0.15, 0.2) is 0 Å². The van der Waals surface area contributed by atoms with Crippen molar-refractivity contribution in [1.29, 1.82) is 0 Å². The van der Waals surface area contributed by atoms with Crippen molar-refractivity contribution in [2.45, 2.75) is 13.0 Å². The summed E-state index contributed by atoms with van der Waals surface area (Å²) in [6, 6.07) is 19.3. The molecule has 0 aliphatic heterocycles. The van der Waals surface area contributed by atoms with Gasteiger partial charge in [-0.1, -0.05) is 42.5 Å². The molecular weight excluding hydrogens is 256 g/mol. The molecule has 0 fully saturated rings.